The Kier molecular flexibility index (Phi) is 2.60. The molecular formula is C15H15N5O. The van der Waals surface area contributed by atoms with E-state index in [1.807, 2.05) is 36.0 Å². The van der Waals surface area contributed by atoms with Crippen LogP contribution >= 0.6 is 0 Å². The normalized spacial score (nSPS) is 11.3. The molecule has 0 aliphatic heterocycles. The van der Waals surface area contributed by atoms with Crippen molar-refractivity contribution in [1.82, 2.24) is 24.6 Å². The molecule has 4 heterocycles. The van der Waals surface area contributed by atoms with E-state index in [-0.39, 0.29) is 1.43 Å². The molecule has 0 saturated heterocycles. The Morgan fingerprint density at radius 1 is 1.38 bits per heavy atom. The molecule has 0 atom stereocenters. The average Bonchev–Trinajstić information content (AvgIpc) is 3.12. The molecule has 0 radical (unpaired) electrons. The van der Waals surface area contributed by atoms with Crippen LogP contribution in [0.2, 0.25) is 0 Å². The first-order valence-electron chi connectivity index (χ1n) is 6.76. The van der Waals surface area contributed by atoms with Crippen molar-refractivity contribution in [3.63, 3.8) is 0 Å². The van der Waals surface area contributed by atoms with Crippen molar-refractivity contribution in [2.75, 3.05) is 6.61 Å². The number of nitrogens with zero attached hydrogens (tertiary/aromatic N) is 4. The van der Waals surface area contributed by atoms with E-state index in [0.717, 1.165) is 27.7 Å². The summed E-state index contributed by atoms with van der Waals surface area (Å²) >= 11 is 0. The number of hydrogen-bond donors (Lipinski definition) is 1. The maximum Gasteiger partial charge on any atom is 0.318 e. The monoisotopic (exact) mass is 281 g/mol. The van der Waals surface area contributed by atoms with Crippen molar-refractivity contribution in [3.8, 4) is 17.1 Å². The summed E-state index contributed by atoms with van der Waals surface area (Å²) in [5.74, 6) is 0. The number of ether oxygens (including phenoxy) is 1. The van der Waals surface area contributed by atoms with Crippen LogP contribution in [0.25, 0.3) is 27.7 Å². The fraction of sp³-hybridized carbons (Fsp3) is 0.133. The molecule has 4 rings (SSSR count). The van der Waals surface area contributed by atoms with Crippen LogP contribution in [0, 0.1) is 0 Å². The highest BCUT2D eigenvalue weighted by Crippen LogP contribution is 2.28. The Morgan fingerprint density at radius 2 is 2.33 bits per heavy atom. The quantitative estimate of drug-likeness (QED) is 0.627. The zero-order valence-electron chi connectivity index (χ0n) is 11.4. The molecule has 0 saturated carbocycles. The summed E-state index contributed by atoms with van der Waals surface area (Å²) in [6, 6.07) is 6.48. The molecule has 0 spiro atoms. The van der Waals surface area contributed by atoms with E-state index in [0.29, 0.717) is 12.6 Å². The predicted molar refractivity (Wildman–Crippen MR) is 81.4 cm³/mol. The highest BCUT2D eigenvalue weighted by molar-refractivity contribution is 5.93. The highest BCUT2D eigenvalue weighted by Gasteiger charge is 2.10. The number of H-pyrrole nitrogens is 1. The van der Waals surface area contributed by atoms with Gasteiger partial charge in [-0.05, 0) is 30.7 Å². The van der Waals surface area contributed by atoms with Crippen LogP contribution in [0.3, 0.4) is 0 Å². The maximum atomic E-state index is 5.32. The van der Waals surface area contributed by atoms with Crippen molar-refractivity contribution < 1.29 is 6.16 Å². The number of hydrogen-bond acceptors (Lipinski definition) is 4. The highest BCUT2D eigenvalue weighted by atomic mass is 16.5. The van der Waals surface area contributed by atoms with Gasteiger partial charge in [0, 0.05) is 37.2 Å². The molecule has 21 heavy (non-hydrogen) atoms. The van der Waals surface area contributed by atoms with Crippen LogP contribution in [0.1, 0.15) is 8.35 Å². The van der Waals surface area contributed by atoms with Gasteiger partial charge >= 0.3 is 6.01 Å². The molecule has 0 aromatic carbocycles. The third-order valence-corrected chi connectivity index (χ3v) is 3.39. The van der Waals surface area contributed by atoms with E-state index in [1.165, 1.54) is 0 Å². The molecule has 4 aromatic rings. The van der Waals surface area contributed by atoms with Gasteiger partial charge in [-0.15, -0.1) is 0 Å². The Morgan fingerprint density at radius 3 is 3.24 bits per heavy atom. The standard InChI is InChI=1S/C15H13N5O.H2/c1-2-21-15-17-9-13-12(8-16-14(13)19-15)10-4-6-20-11(7-10)3-5-18-20;/h3-9H,2H2,1H3,(H,16,17,19);1H. The third kappa shape index (κ3) is 1.92. The summed E-state index contributed by atoms with van der Waals surface area (Å²) in [6.07, 6.45) is 7.46. The predicted octanol–water partition coefficient (Wildman–Crippen LogP) is 2.92. The van der Waals surface area contributed by atoms with Crippen molar-refractivity contribution in [1.29, 1.82) is 0 Å². The second kappa shape index (κ2) is 4.59. The Labute approximate surface area is 121 Å². The first-order valence-corrected chi connectivity index (χ1v) is 6.76. The lowest BCUT2D eigenvalue weighted by molar-refractivity contribution is 0.314. The lowest BCUT2D eigenvalue weighted by Crippen LogP contribution is -1.96. The largest absolute Gasteiger partial charge is 0.464 e. The molecule has 106 valence electrons. The minimum Gasteiger partial charge on any atom is -0.464 e. The van der Waals surface area contributed by atoms with Gasteiger partial charge in [0.05, 0.1) is 12.1 Å². The summed E-state index contributed by atoms with van der Waals surface area (Å²) in [7, 11) is 0. The molecule has 0 fully saturated rings. The minimum atomic E-state index is 0. The van der Waals surface area contributed by atoms with Crippen LogP contribution in [-0.4, -0.2) is 31.2 Å². The molecular weight excluding hydrogens is 266 g/mol. The van der Waals surface area contributed by atoms with Crippen molar-refractivity contribution in [3.05, 3.63) is 43.0 Å². The van der Waals surface area contributed by atoms with E-state index in [9.17, 15) is 0 Å². The number of nitrogens with one attached hydrogen (secondary N) is 1. The van der Waals surface area contributed by atoms with E-state index in [2.05, 4.69) is 26.1 Å². The van der Waals surface area contributed by atoms with Crippen molar-refractivity contribution >= 4 is 16.6 Å². The smallest absolute Gasteiger partial charge is 0.318 e. The van der Waals surface area contributed by atoms with Gasteiger partial charge in [-0.3, -0.25) is 0 Å². The molecule has 0 bridgehead atoms. The van der Waals surface area contributed by atoms with Gasteiger partial charge in [-0.1, -0.05) is 0 Å². The minimum absolute atomic E-state index is 0. The van der Waals surface area contributed by atoms with Gasteiger partial charge in [0.15, 0.2) is 0 Å². The number of aromatic nitrogens is 5. The van der Waals surface area contributed by atoms with E-state index < -0.39 is 0 Å². The maximum absolute atomic E-state index is 5.32. The van der Waals surface area contributed by atoms with Crippen LogP contribution in [0.5, 0.6) is 6.01 Å². The zero-order valence-corrected chi connectivity index (χ0v) is 11.4. The molecule has 6 nitrogen and oxygen atoms in total. The van der Waals surface area contributed by atoms with Crippen molar-refractivity contribution in [2.45, 2.75) is 6.92 Å². The van der Waals surface area contributed by atoms with Crippen LogP contribution in [0.4, 0.5) is 0 Å². The van der Waals surface area contributed by atoms with Gasteiger partial charge in [0.25, 0.3) is 0 Å². The van der Waals surface area contributed by atoms with E-state index in [1.54, 1.807) is 12.4 Å². The van der Waals surface area contributed by atoms with E-state index in [4.69, 9.17) is 4.74 Å². The summed E-state index contributed by atoms with van der Waals surface area (Å²) < 4.78 is 7.16. The van der Waals surface area contributed by atoms with Crippen LogP contribution < -0.4 is 4.74 Å². The third-order valence-electron chi connectivity index (χ3n) is 3.39. The number of aromatic amines is 1. The number of rotatable bonds is 3. The lowest BCUT2D eigenvalue weighted by Gasteiger charge is -2.02. The van der Waals surface area contributed by atoms with Gasteiger partial charge in [0.1, 0.15) is 5.65 Å². The van der Waals surface area contributed by atoms with Gasteiger partial charge in [-0.25, -0.2) is 9.50 Å². The molecule has 0 unspecified atom stereocenters. The molecule has 0 aliphatic rings. The zero-order chi connectivity index (χ0) is 14.2. The van der Waals surface area contributed by atoms with Gasteiger partial charge in [0.2, 0.25) is 0 Å². The molecule has 6 heteroatoms. The number of pyridine rings is 1. The molecule has 1 N–H and O–H groups in total. The van der Waals surface area contributed by atoms with Crippen molar-refractivity contribution in [2.24, 2.45) is 0 Å². The first kappa shape index (κ1) is 11.9. The molecule has 4 aromatic heterocycles. The SMILES string of the molecule is CCOc1ncc2c(-c3ccn4nccc4c3)c[nH]c2n1.[HH]. The molecule has 0 amide bonds. The first-order chi connectivity index (χ1) is 10.3. The van der Waals surface area contributed by atoms with Gasteiger partial charge < -0.3 is 9.72 Å². The Balaban J connectivity index is 0.00000144. The van der Waals surface area contributed by atoms with Gasteiger partial charge in [-0.2, -0.15) is 10.1 Å². The molecule has 0 aliphatic carbocycles. The summed E-state index contributed by atoms with van der Waals surface area (Å²) in [5, 5.41) is 5.18. The second-order valence-electron chi connectivity index (χ2n) is 4.67. The van der Waals surface area contributed by atoms with Crippen LogP contribution in [0.15, 0.2) is 43.0 Å². The van der Waals surface area contributed by atoms with E-state index >= 15 is 0 Å². The summed E-state index contributed by atoms with van der Waals surface area (Å²) in [5.41, 5.74) is 3.99. The Hall–Kier alpha value is -2.89. The fourth-order valence-corrected chi connectivity index (χ4v) is 2.42. The summed E-state index contributed by atoms with van der Waals surface area (Å²) in [4.78, 5) is 11.8. The number of fused-ring (bicyclic) bond motifs is 2. The second-order valence-corrected chi connectivity index (χ2v) is 4.67. The lowest BCUT2D eigenvalue weighted by atomic mass is 10.1. The summed E-state index contributed by atoms with van der Waals surface area (Å²) in [6.45, 7) is 2.46. The average molecular weight is 281 g/mol. The Bertz CT molecular complexity index is 930. The van der Waals surface area contributed by atoms with Crippen LogP contribution in [-0.2, 0) is 0 Å². The topological polar surface area (TPSA) is 68.1 Å². The fourth-order valence-electron chi connectivity index (χ4n) is 2.42.